The van der Waals surface area contributed by atoms with E-state index in [1.54, 1.807) is 13.1 Å². The molecular weight excluding hydrogens is 538 g/mol. The van der Waals surface area contributed by atoms with Crippen molar-refractivity contribution in [3.63, 3.8) is 0 Å². The SMILES string of the molecule is COc1cc(N(C)CCN(C)C)c([N+](=O)[O-])cc1Nc1ncc(C(=O)OCC2CC2)c(-c2cn(C)c3ccccc23)n1. The number of fused-ring (bicyclic) bond motifs is 1. The second kappa shape index (κ2) is 12.0. The van der Waals surface area contributed by atoms with E-state index in [-0.39, 0.29) is 17.2 Å². The summed E-state index contributed by atoms with van der Waals surface area (Å²) in [6.45, 7) is 1.67. The number of hydrogen-bond donors (Lipinski definition) is 1. The molecule has 0 unspecified atom stereocenters. The van der Waals surface area contributed by atoms with Crippen LogP contribution in [0.2, 0.25) is 0 Å². The number of aryl methyl sites for hydroxylation is 1. The van der Waals surface area contributed by atoms with Gasteiger partial charge in [0.05, 0.1) is 30.0 Å². The number of esters is 1. The Morgan fingerprint density at radius 1 is 1.19 bits per heavy atom. The molecule has 4 aromatic rings. The maximum atomic E-state index is 13.2. The normalized spacial score (nSPS) is 12.9. The molecule has 42 heavy (non-hydrogen) atoms. The Kier molecular flexibility index (Phi) is 8.25. The molecule has 0 radical (unpaired) electrons. The van der Waals surface area contributed by atoms with E-state index in [9.17, 15) is 14.9 Å². The maximum absolute atomic E-state index is 13.2. The van der Waals surface area contributed by atoms with Gasteiger partial charge in [-0.1, -0.05) is 18.2 Å². The van der Waals surface area contributed by atoms with Gasteiger partial charge in [-0.25, -0.2) is 14.8 Å². The number of methoxy groups -OCH3 is 1. The summed E-state index contributed by atoms with van der Waals surface area (Å²) in [7, 11) is 9.12. The molecule has 12 nitrogen and oxygen atoms in total. The lowest BCUT2D eigenvalue weighted by Crippen LogP contribution is -2.29. The summed E-state index contributed by atoms with van der Waals surface area (Å²) in [5.74, 6) is 0.452. The Morgan fingerprint density at radius 3 is 2.64 bits per heavy atom. The van der Waals surface area contributed by atoms with Gasteiger partial charge >= 0.3 is 5.97 Å². The van der Waals surface area contributed by atoms with Crippen molar-refractivity contribution in [2.24, 2.45) is 13.0 Å². The number of hydrogen-bond acceptors (Lipinski definition) is 10. The third-order valence-corrected chi connectivity index (χ3v) is 7.34. The van der Waals surface area contributed by atoms with Crippen LogP contribution in [0.1, 0.15) is 23.2 Å². The molecule has 0 bridgehead atoms. The fraction of sp³-hybridized carbons (Fsp3) is 0.367. The molecule has 0 amide bonds. The zero-order chi connectivity index (χ0) is 30.0. The standard InChI is InChI=1S/C30H35N7O5/c1-34(2)12-13-35(3)25-15-27(41-5)23(14-26(25)37(39)40)32-30-31-16-21(29(38)42-18-19-10-11-19)28(33-30)22-17-36(4)24-9-7-6-8-20(22)24/h6-9,14-17,19H,10-13,18H2,1-5H3,(H,31,32,33). The Balaban J connectivity index is 1.55. The van der Waals surface area contributed by atoms with Crippen LogP contribution in [0.5, 0.6) is 5.75 Å². The van der Waals surface area contributed by atoms with Gasteiger partial charge in [-0.05, 0) is 38.9 Å². The number of ether oxygens (including phenoxy) is 2. The summed E-state index contributed by atoms with van der Waals surface area (Å²) in [5, 5.41) is 16.1. The van der Waals surface area contributed by atoms with Crippen molar-refractivity contribution in [1.29, 1.82) is 0 Å². The maximum Gasteiger partial charge on any atom is 0.341 e. The van der Waals surface area contributed by atoms with Crippen LogP contribution in [0.4, 0.5) is 23.0 Å². The molecular formula is C30H35N7O5. The van der Waals surface area contributed by atoms with Gasteiger partial charge < -0.3 is 29.2 Å². The van der Waals surface area contributed by atoms with E-state index in [2.05, 4.69) is 10.3 Å². The van der Waals surface area contributed by atoms with Crippen molar-refractivity contribution in [2.75, 3.05) is 58.2 Å². The van der Waals surface area contributed by atoms with Crippen LogP contribution in [0.15, 0.2) is 48.8 Å². The topological polar surface area (TPSA) is 128 Å². The number of para-hydroxylation sites is 1. The molecule has 0 atom stereocenters. The van der Waals surface area contributed by atoms with Crippen molar-refractivity contribution >= 4 is 39.9 Å². The number of nitrogens with one attached hydrogen (secondary N) is 1. The minimum absolute atomic E-state index is 0.0888. The Bertz CT molecular complexity index is 1630. The first-order chi connectivity index (χ1) is 20.2. The first-order valence-corrected chi connectivity index (χ1v) is 13.7. The number of carbonyl (C=O) groups is 1. The largest absolute Gasteiger partial charge is 0.494 e. The number of anilines is 3. The second-order valence-electron chi connectivity index (χ2n) is 10.8. The zero-order valence-electron chi connectivity index (χ0n) is 24.5. The summed E-state index contributed by atoms with van der Waals surface area (Å²) in [6, 6.07) is 10.9. The van der Waals surface area contributed by atoms with E-state index in [1.807, 2.05) is 66.0 Å². The molecule has 12 heteroatoms. The van der Waals surface area contributed by atoms with Gasteiger partial charge in [-0.3, -0.25) is 10.1 Å². The molecule has 0 saturated heterocycles. The molecule has 2 aromatic heterocycles. The quantitative estimate of drug-likeness (QED) is 0.143. The fourth-order valence-electron chi connectivity index (χ4n) is 4.75. The van der Waals surface area contributed by atoms with E-state index < -0.39 is 10.9 Å². The number of benzene rings is 2. The lowest BCUT2D eigenvalue weighted by atomic mass is 10.1. The molecule has 2 aromatic carbocycles. The Hall–Kier alpha value is -4.71. The smallest absolute Gasteiger partial charge is 0.341 e. The van der Waals surface area contributed by atoms with Crippen LogP contribution >= 0.6 is 0 Å². The van der Waals surface area contributed by atoms with Gasteiger partial charge in [0.2, 0.25) is 5.95 Å². The van der Waals surface area contributed by atoms with E-state index in [1.165, 1.54) is 19.4 Å². The Morgan fingerprint density at radius 2 is 1.95 bits per heavy atom. The first-order valence-electron chi connectivity index (χ1n) is 13.7. The van der Waals surface area contributed by atoms with E-state index in [0.29, 0.717) is 41.9 Å². The summed E-state index contributed by atoms with van der Waals surface area (Å²) in [4.78, 5) is 37.8. The van der Waals surface area contributed by atoms with Crippen molar-refractivity contribution in [3.8, 4) is 17.0 Å². The van der Waals surface area contributed by atoms with Gasteiger partial charge in [-0.2, -0.15) is 0 Å². The van der Waals surface area contributed by atoms with Crippen LogP contribution in [-0.2, 0) is 11.8 Å². The molecule has 1 fully saturated rings. The number of nitrogens with zero attached hydrogens (tertiary/aromatic N) is 6. The minimum atomic E-state index is -0.491. The zero-order valence-corrected chi connectivity index (χ0v) is 24.5. The van der Waals surface area contributed by atoms with Crippen molar-refractivity contribution in [1.82, 2.24) is 19.4 Å². The molecule has 0 aliphatic heterocycles. The van der Waals surface area contributed by atoms with Gasteiger partial charge in [-0.15, -0.1) is 0 Å². The van der Waals surface area contributed by atoms with Gasteiger partial charge in [0.15, 0.2) is 0 Å². The number of likely N-dealkylation sites (N-methyl/N-ethyl adjacent to an activating group) is 2. The highest BCUT2D eigenvalue weighted by Gasteiger charge is 2.27. The summed E-state index contributed by atoms with van der Waals surface area (Å²) < 4.78 is 13.2. The summed E-state index contributed by atoms with van der Waals surface area (Å²) in [5.41, 5.74) is 3.02. The third-order valence-electron chi connectivity index (χ3n) is 7.34. The molecule has 5 rings (SSSR count). The van der Waals surface area contributed by atoms with Gasteiger partial charge in [0.25, 0.3) is 5.69 Å². The predicted octanol–water partition coefficient (Wildman–Crippen LogP) is 4.86. The highest BCUT2D eigenvalue weighted by molar-refractivity contribution is 6.03. The predicted molar refractivity (Wildman–Crippen MR) is 162 cm³/mol. The monoisotopic (exact) mass is 573 g/mol. The molecule has 1 saturated carbocycles. The Labute approximate surface area is 244 Å². The number of rotatable bonds is 12. The highest BCUT2D eigenvalue weighted by Crippen LogP contribution is 2.39. The van der Waals surface area contributed by atoms with Gasteiger partial charge in [0.1, 0.15) is 17.0 Å². The van der Waals surface area contributed by atoms with Crippen LogP contribution in [-0.4, -0.2) is 78.3 Å². The van der Waals surface area contributed by atoms with E-state index in [0.717, 1.165) is 35.9 Å². The fourth-order valence-corrected chi connectivity index (χ4v) is 4.75. The first kappa shape index (κ1) is 28.8. The molecule has 0 spiro atoms. The van der Waals surface area contributed by atoms with Crippen LogP contribution in [0.3, 0.4) is 0 Å². The molecule has 1 aliphatic rings. The lowest BCUT2D eigenvalue weighted by molar-refractivity contribution is -0.384. The summed E-state index contributed by atoms with van der Waals surface area (Å²) in [6.07, 6.45) is 5.46. The van der Waals surface area contributed by atoms with Crippen molar-refractivity contribution < 1.29 is 19.2 Å². The molecule has 1 N–H and O–H groups in total. The van der Waals surface area contributed by atoms with E-state index >= 15 is 0 Å². The average molecular weight is 574 g/mol. The van der Waals surface area contributed by atoms with Gasteiger partial charge in [0, 0.05) is 68.2 Å². The highest BCUT2D eigenvalue weighted by atomic mass is 16.6. The van der Waals surface area contributed by atoms with Crippen LogP contribution < -0.4 is 15.0 Å². The van der Waals surface area contributed by atoms with Crippen LogP contribution in [0, 0.1) is 16.0 Å². The lowest BCUT2D eigenvalue weighted by Gasteiger charge is -2.22. The molecule has 220 valence electrons. The van der Waals surface area contributed by atoms with E-state index in [4.69, 9.17) is 14.5 Å². The average Bonchev–Trinajstić information content (AvgIpc) is 3.75. The second-order valence-corrected chi connectivity index (χ2v) is 10.8. The third kappa shape index (κ3) is 6.13. The summed E-state index contributed by atoms with van der Waals surface area (Å²) >= 11 is 0. The number of nitro groups is 1. The molecule has 2 heterocycles. The van der Waals surface area contributed by atoms with Crippen molar-refractivity contribution in [2.45, 2.75) is 12.8 Å². The number of aromatic nitrogens is 3. The minimum Gasteiger partial charge on any atom is -0.494 e. The number of carbonyl (C=O) groups excluding carboxylic acids is 1. The number of nitro benzene ring substituents is 1. The van der Waals surface area contributed by atoms with Crippen molar-refractivity contribution in [3.05, 3.63) is 64.5 Å². The molecule has 1 aliphatic carbocycles. The van der Waals surface area contributed by atoms with Crippen LogP contribution in [0.25, 0.3) is 22.2 Å².